The number of nitrogens with zero attached hydrogens (tertiary/aromatic N) is 9. The Balaban J connectivity index is 1.31. The fraction of sp³-hybridized carbons (Fsp3) is 0.396. The number of amides is 3. The Morgan fingerprint density at radius 3 is 2.09 bits per heavy atom. The molecule has 20 heteroatoms. The molecular weight excluding hydrogens is 871 g/mol. The van der Waals surface area contributed by atoms with Crippen LogP contribution in [0, 0.1) is 13.8 Å². The smallest absolute Gasteiger partial charge is 0.248 e. The molecule has 358 valence electrons. The van der Waals surface area contributed by atoms with Gasteiger partial charge < -0.3 is 45.9 Å². The third-order valence-electron chi connectivity index (χ3n) is 11.5. The van der Waals surface area contributed by atoms with E-state index >= 15 is 0 Å². The number of methoxy groups -OCH3 is 1. The van der Waals surface area contributed by atoms with E-state index in [4.69, 9.17) is 46.4 Å². The van der Waals surface area contributed by atoms with E-state index in [-0.39, 0.29) is 48.9 Å². The van der Waals surface area contributed by atoms with Crippen LogP contribution >= 0.6 is 0 Å². The Bertz CT molecular complexity index is 3030. The summed E-state index contributed by atoms with van der Waals surface area (Å²) in [6.45, 7) is 12.4. The van der Waals surface area contributed by atoms with Crippen LogP contribution in [0.25, 0.3) is 44.5 Å². The molecule has 0 unspecified atom stereocenters. The molecular formula is C48H59N13O7. The number of allylic oxidation sites excluding steroid dienone is 2. The highest BCUT2D eigenvalue weighted by molar-refractivity contribution is 6.12. The first-order valence-electron chi connectivity index (χ1n) is 22.8. The summed E-state index contributed by atoms with van der Waals surface area (Å²) in [5.41, 5.74) is 22.9. The molecule has 0 spiro atoms. The van der Waals surface area contributed by atoms with E-state index in [9.17, 15) is 19.2 Å². The molecule has 2 aromatic carbocycles. The van der Waals surface area contributed by atoms with Crippen molar-refractivity contribution in [1.82, 2.24) is 49.0 Å². The van der Waals surface area contributed by atoms with Gasteiger partial charge >= 0.3 is 0 Å². The summed E-state index contributed by atoms with van der Waals surface area (Å²) in [5, 5.41) is 13.3. The highest BCUT2D eigenvalue weighted by Crippen LogP contribution is 2.37. The van der Waals surface area contributed by atoms with E-state index in [2.05, 4.69) is 15.5 Å². The van der Waals surface area contributed by atoms with Crippen molar-refractivity contribution in [1.29, 1.82) is 0 Å². The number of carbonyl (C=O) groups excluding carboxylic acids is 4. The number of Topliss-reactive ketones (excluding diaryl/α,β-unsaturated/α-hetero) is 1. The van der Waals surface area contributed by atoms with Gasteiger partial charge in [-0.1, -0.05) is 19.1 Å². The molecule has 5 aromatic heterocycles. The van der Waals surface area contributed by atoms with Gasteiger partial charge in [0.2, 0.25) is 17.7 Å². The van der Waals surface area contributed by atoms with Crippen LogP contribution < -0.4 is 32.0 Å². The van der Waals surface area contributed by atoms with Crippen LogP contribution in [0.2, 0.25) is 0 Å². The third-order valence-corrected chi connectivity index (χ3v) is 11.5. The van der Waals surface area contributed by atoms with E-state index in [0.29, 0.717) is 120 Å². The van der Waals surface area contributed by atoms with Crippen LogP contribution in [-0.4, -0.2) is 107 Å². The Morgan fingerprint density at radius 2 is 1.41 bits per heavy atom. The fourth-order valence-corrected chi connectivity index (χ4v) is 8.12. The number of aryl methyl sites for hydroxylation is 4. The van der Waals surface area contributed by atoms with Crippen LogP contribution in [0.15, 0.2) is 54.7 Å². The second-order valence-electron chi connectivity index (χ2n) is 16.4. The van der Waals surface area contributed by atoms with Crippen molar-refractivity contribution >= 4 is 56.5 Å². The highest BCUT2D eigenvalue weighted by Gasteiger charge is 2.24. The van der Waals surface area contributed by atoms with Gasteiger partial charge in [-0.05, 0) is 76.9 Å². The summed E-state index contributed by atoms with van der Waals surface area (Å²) in [6.07, 6.45) is 7.11. The second-order valence-corrected chi connectivity index (χ2v) is 16.4. The number of ketones is 1. The molecule has 7 N–H and O–H groups in total. The van der Waals surface area contributed by atoms with Gasteiger partial charge in [0.25, 0.3) is 0 Å². The van der Waals surface area contributed by atoms with E-state index in [1.165, 1.54) is 0 Å². The number of carbonyl (C=O) groups is 4. The van der Waals surface area contributed by atoms with Gasteiger partial charge in [-0.25, -0.2) is 15.0 Å². The normalized spacial score (nSPS) is 12.2. The van der Waals surface area contributed by atoms with Gasteiger partial charge in [0.1, 0.15) is 39.9 Å². The molecule has 5 heterocycles. The van der Waals surface area contributed by atoms with Crippen molar-refractivity contribution in [3.63, 3.8) is 0 Å². The zero-order chi connectivity index (χ0) is 48.6. The fourth-order valence-electron chi connectivity index (χ4n) is 8.12. The maximum absolute atomic E-state index is 14.0. The van der Waals surface area contributed by atoms with Gasteiger partial charge in [-0.3, -0.25) is 28.5 Å². The number of rotatable bonds is 24. The van der Waals surface area contributed by atoms with Crippen LogP contribution in [0.1, 0.15) is 88.5 Å². The Labute approximate surface area is 392 Å². The lowest BCUT2D eigenvalue weighted by atomic mass is 10.1. The molecule has 0 aliphatic carbocycles. The lowest BCUT2D eigenvalue weighted by molar-refractivity contribution is -0.122. The first-order valence-corrected chi connectivity index (χ1v) is 22.8. The number of aromatic nitrogens is 9. The zero-order valence-corrected chi connectivity index (χ0v) is 39.4. The van der Waals surface area contributed by atoms with E-state index in [1.807, 2.05) is 66.7 Å². The van der Waals surface area contributed by atoms with Crippen molar-refractivity contribution in [3.8, 4) is 23.0 Å². The molecule has 0 saturated carbocycles. The lowest BCUT2D eigenvalue weighted by Gasteiger charge is -2.14. The first kappa shape index (κ1) is 48.5. The molecule has 3 amide bonds. The SMILES string of the molecule is CC[C@H](N)C(=O)NCCCOc1cc(C(N)=O)cc2nc(CC(=O)c3cc(C)nn3CC)n(C/C=C/Cn3c4nc(-c5cc(C)nn5CC)ncc4c4cc(C(N)=O)cc(OCCCOC)c43)c12. The van der Waals surface area contributed by atoms with E-state index in [0.717, 1.165) is 11.4 Å². The lowest BCUT2D eigenvalue weighted by Crippen LogP contribution is -2.40. The minimum atomic E-state index is -0.676. The predicted octanol–water partition coefficient (Wildman–Crippen LogP) is 4.57. The third kappa shape index (κ3) is 10.4. The number of nitrogens with two attached hydrogens (primary N) is 3. The van der Waals surface area contributed by atoms with Gasteiger partial charge in [0.15, 0.2) is 11.6 Å². The van der Waals surface area contributed by atoms with Crippen LogP contribution in [0.3, 0.4) is 0 Å². The Kier molecular flexibility index (Phi) is 15.3. The molecule has 7 rings (SSSR count). The number of benzene rings is 2. The van der Waals surface area contributed by atoms with Crippen LogP contribution in [0.4, 0.5) is 0 Å². The van der Waals surface area contributed by atoms with Gasteiger partial charge in [0, 0.05) is 81.0 Å². The number of hydrogen-bond acceptors (Lipinski definition) is 13. The van der Waals surface area contributed by atoms with Crippen molar-refractivity contribution in [2.45, 2.75) is 92.5 Å². The topological polar surface area (TPSA) is 270 Å². The molecule has 0 radical (unpaired) electrons. The maximum Gasteiger partial charge on any atom is 0.248 e. The molecule has 0 aliphatic heterocycles. The average Bonchev–Trinajstić information content (AvgIpc) is 4.09. The van der Waals surface area contributed by atoms with Gasteiger partial charge in [0.05, 0.1) is 48.1 Å². The second kappa shape index (κ2) is 21.5. The van der Waals surface area contributed by atoms with Crippen molar-refractivity contribution < 1.29 is 33.4 Å². The summed E-state index contributed by atoms with van der Waals surface area (Å²) in [7, 11) is 1.62. The quantitative estimate of drug-likeness (QED) is 0.0368. The largest absolute Gasteiger partial charge is 0.491 e. The molecule has 0 aliphatic rings. The van der Waals surface area contributed by atoms with Crippen LogP contribution in [-0.2, 0) is 42.1 Å². The zero-order valence-electron chi connectivity index (χ0n) is 39.4. The Hall–Kier alpha value is -7.45. The first-order chi connectivity index (χ1) is 32.8. The average molecular weight is 930 g/mol. The van der Waals surface area contributed by atoms with Crippen molar-refractivity contribution in [2.75, 3.05) is 33.5 Å². The molecule has 20 nitrogen and oxygen atoms in total. The standard InChI is InChI=1S/C48H59N13O7/c1-7-34(49)48(65)52-14-12-18-67-40-25-31(45(51)64)23-35-43(40)58(41(54-35)26-38(62)36-20-28(4)56-60(36)8-2)15-10-11-16-59-42-32(22-30(44(50)63)24-39(42)68-19-13-17-66-6)33-27-53-46(55-47(33)59)37-21-29(5)57-61(37)9-3/h10-11,20-25,27,34H,7-9,12-19,26,49H2,1-6H3,(H2,50,63)(H2,51,64)(H,52,65)/b11-10+/t34-/m0/s1. The summed E-state index contributed by atoms with van der Waals surface area (Å²) in [5.74, 6) is -0.0675. The van der Waals surface area contributed by atoms with Crippen molar-refractivity contribution in [2.24, 2.45) is 17.2 Å². The van der Waals surface area contributed by atoms with E-state index < -0.39 is 17.9 Å². The predicted molar refractivity (Wildman–Crippen MR) is 257 cm³/mol. The van der Waals surface area contributed by atoms with Crippen molar-refractivity contribution in [3.05, 3.63) is 88.8 Å². The number of hydrogen-bond donors (Lipinski definition) is 4. The Morgan fingerprint density at radius 1 is 0.765 bits per heavy atom. The molecule has 1 atom stereocenters. The summed E-state index contributed by atoms with van der Waals surface area (Å²) in [4.78, 5) is 66.4. The monoisotopic (exact) mass is 929 g/mol. The highest BCUT2D eigenvalue weighted by atomic mass is 16.5. The molecule has 0 fully saturated rings. The molecule has 0 saturated heterocycles. The number of ether oxygens (including phenoxy) is 3. The number of nitrogens with one attached hydrogen (secondary N) is 1. The summed E-state index contributed by atoms with van der Waals surface area (Å²) in [6, 6.07) is 9.61. The summed E-state index contributed by atoms with van der Waals surface area (Å²) < 4.78 is 25.3. The minimum Gasteiger partial charge on any atom is -0.491 e. The number of primary amides is 2. The van der Waals surface area contributed by atoms with E-state index in [1.54, 1.807) is 48.3 Å². The number of imidazole rings is 1. The van der Waals surface area contributed by atoms with Gasteiger partial charge in [-0.15, -0.1) is 0 Å². The van der Waals surface area contributed by atoms with Gasteiger partial charge in [-0.2, -0.15) is 10.2 Å². The molecule has 7 aromatic rings. The maximum atomic E-state index is 14.0. The molecule has 0 bridgehead atoms. The van der Waals surface area contributed by atoms with Crippen LogP contribution in [0.5, 0.6) is 11.5 Å². The number of fused-ring (bicyclic) bond motifs is 4. The minimum absolute atomic E-state index is 0.0882. The molecule has 68 heavy (non-hydrogen) atoms. The summed E-state index contributed by atoms with van der Waals surface area (Å²) >= 11 is 0.